The molecule has 0 radical (unpaired) electrons. The molecule has 1 aromatic rings. The van der Waals surface area contributed by atoms with Gasteiger partial charge >= 0.3 is 0 Å². The van der Waals surface area contributed by atoms with Gasteiger partial charge in [-0.05, 0) is 43.0 Å². The summed E-state index contributed by atoms with van der Waals surface area (Å²) in [5.74, 6) is 1.33. The molecule has 0 heterocycles. The van der Waals surface area contributed by atoms with E-state index in [2.05, 4.69) is 32.6 Å². The fraction of sp³-hybridized carbons (Fsp3) is 0.385. The Morgan fingerprint density at radius 1 is 1.50 bits per heavy atom. The third kappa shape index (κ3) is 2.38. The van der Waals surface area contributed by atoms with E-state index in [1.807, 2.05) is 19.1 Å². The van der Waals surface area contributed by atoms with Crippen molar-refractivity contribution in [3.8, 4) is 5.75 Å². The molecule has 0 aliphatic rings. The Morgan fingerprint density at radius 2 is 2.21 bits per heavy atom. The summed E-state index contributed by atoms with van der Waals surface area (Å²) in [6.45, 7) is 10.8. The van der Waals surface area contributed by atoms with Crippen molar-refractivity contribution < 1.29 is 4.74 Å². The van der Waals surface area contributed by atoms with Crippen LogP contribution in [-0.4, -0.2) is 6.61 Å². The van der Waals surface area contributed by atoms with Gasteiger partial charge in [-0.1, -0.05) is 19.1 Å². The van der Waals surface area contributed by atoms with Gasteiger partial charge in [-0.25, -0.2) is 0 Å². The highest BCUT2D eigenvalue weighted by molar-refractivity contribution is 5.38. The van der Waals surface area contributed by atoms with Gasteiger partial charge in [-0.3, -0.25) is 0 Å². The zero-order valence-corrected chi connectivity index (χ0v) is 9.21. The maximum Gasteiger partial charge on any atom is 0.119 e. The van der Waals surface area contributed by atoms with Crippen LogP contribution in [-0.2, 0) is 0 Å². The largest absolute Gasteiger partial charge is 0.494 e. The maximum absolute atomic E-state index is 5.46. The highest BCUT2D eigenvalue weighted by Crippen LogP contribution is 2.25. The second kappa shape index (κ2) is 4.85. The van der Waals surface area contributed by atoms with E-state index in [4.69, 9.17) is 4.74 Å². The Labute approximate surface area is 86.4 Å². The van der Waals surface area contributed by atoms with Gasteiger partial charge in [0.1, 0.15) is 5.75 Å². The molecule has 1 heteroatoms. The van der Waals surface area contributed by atoms with Crippen molar-refractivity contribution in [1.82, 2.24) is 0 Å². The summed E-state index contributed by atoms with van der Waals surface area (Å²) in [4.78, 5) is 0. The van der Waals surface area contributed by atoms with Crippen LogP contribution in [0.5, 0.6) is 5.75 Å². The molecule has 0 fully saturated rings. The van der Waals surface area contributed by atoms with Gasteiger partial charge in [0.25, 0.3) is 0 Å². The molecule has 0 N–H and O–H groups in total. The minimum absolute atomic E-state index is 0.385. The Balaban J connectivity index is 3.01. The average molecular weight is 190 g/mol. The first kappa shape index (κ1) is 10.8. The SMILES string of the molecule is C=CC(C)c1cc(OCC)ccc1C. The smallest absolute Gasteiger partial charge is 0.119 e. The van der Waals surface area contributed by atoms with E-state index in [9.17, 15) is 0 Å². The summed E-state index contributed by atoms with van der Waals surface area (Å²) >= 11 is 0. The van der Waals surface area contributed by atoms with E-state index in [1.54, 1.807) is 0 Å². The summed E-state index contributed by atoms with van der Waals surface area (Å²) in [5.41, 5.74) is 2.59. The molecular weight excluding hydrogens is 172 g/mol. The standard InChI is InChI=1S/C13H18O/c1-5-10(3)13-9-12(14-6-2)8-7-11(13)4/h5,7-10H,1,6H2,2-4H3. The summed E-state index contributed by atoms with van der Waals surface area (Å²) in [6, 6.07) is 6.21. The lowest BCUT2D eigenvalue weighted by molar-refractivity contribution is 0.339. The van der Waals surface area contributed by atoms with Gasteiger partial charge in [-0.15, -0.1) is 6.58 Å². The van der Waals surface area contributed by atoms with Crippen molar-refractivity contribution in [2.45, 2.75) is 26.7 Å². The fourth-order valence-electron chi connectivity index (χ4n) is 1.49. The van der Waals surface area contributed by atoms with Crippen molar-refractivity contribution in [2.24, 2.45) is 0 Å². The van der Waals surface area contributed by atoms with Crippen molar-refractivity contribution in [3.05, 3.63) is 42.0 Å². The molecular formula is C13H18O. The normalized spacial score (nSPS) is 12.2. The molecule has 0 amide bonds. The van der Waals surface area contributed by atoms with Crippen LogP contribution in [0.1, 0.15) is 30.9 Å². The predicted molar refractivity (Wildman–Crippen MR) is 61.0 cm³/mol. The summed E-state index contributed by atoms with van der Waals surface area (Å²) < 4.78 is 5.46. The molecule has 0 aromatic heterocycles. The molecule has 0 aliphatic carbocycles. The van der Waals surface area contributed by atoms with Gasteiger partial charge in [0, 0.05) is 0 Å². The summed E-state index contributed by atoms with van der Waals surface area (Å²) in [7, 11) is 0. The van der Waals surface area contributed by atoms with Gasteiger partial charge < -0.3 is 4.74 Å². The Hall–Kier alpha value is -1.24. The van der Waals surface area contributed by atoms with Crippen LogP contribution in [0.25, 0.3) is 0 Å². The topological polar surface area (TPSA) is 9.23 Å². The van der Waals surface area contributed by atoms with Gasteiger partial charge in [0.15, 0.2) is 0 Å². The maximum atomic E-state index is 5.46. The number of aryl methyl sites for hydroxylation is 1. The average Bonchev–Trinajstić information content (AvgIpc) is 2.20. The number of allylic oxidation sites excluding steroid dienone is 1. The molecule has 1 unspecified atom stereocenters. The molecule has 76 valence electrons. The molecule has 0 saturated carbocycles. The van der Waals surface area contributed by atoms with Crippen LogP contribution in [0.15, 0.2) is 30.9 Å². The first-order chi connectivity index (χ1) is 6.69. The lowest BCUT2D eigenvalue weighted by Crippen LogP contribution is -1.96. The molecule has 1 aromatic carbocycles. The molecule has 1 nitrogen and oxygen atoms in total. The monoisotopic (exact) mass is 190 g/mol. The third-order valence-corrected chi connectivity index (χ3v) is 2.41. The van der Waals surface area contributed by atoms with Crippen LogP contribution >= 0.6 is 0 Å². The minimum Gasteiger partial charge on any atom is -0.494 e. The molecule has 1 rings (SSSR count). The number of hydrogen-bond donors (Lipinski definition) is 0. The highest BCUT2D eigenvalue weighted by atomic mass is 16.5. The van der Waals surface area contributed by atoms with Crippen molar-refractivity contribution in [2.75, 3.05) is 6.61 Å². The first-order valence-electron chi connectivity index (χ1n) is 5.05. The summed E-state index contributed by atoms with van der Waals surface area (Å²) in [5, 5.41) is 0. The van der Waals surface area contributed by atoms with E-state index >= 15 is 0 Å². The number of hydrogen-bond acceptors (Lipinski definition) is 1. The zero-order chi connectivity index (χ0) is 10.6. The van der Waals surface area contributed by atoms with Crippen LogP contribution in [0.3, 0.4) is 0 Å². The zero-order valence-electron chi connectivity index (χ0n) is 9.21. The van der Waals surface area contributed by atoms with Gasteiger partial charge in [0.2, 0.25) is 0 Å². The van der Waals surface area contributed by atoms with Crippen molar-refractivity contribution in [1.29, 1.82) is 0 Å². The number of rotatable bonds is 4. The molecule has 0 aliphatic heterocycles. The van der Waals surface area contributed by atoms with Crippen LogP contribution in [0.4, 0.5) is 0 Å². The van der Waals surface area contributed by atoms with E-state index in [0.717, 1.165) is 5.75 Å². The third-order valence-electron chi connectivity index (χ3n) is 2.41. The molecule has 0 bridgehead atoms. The van der Waals surface area contributed by atoms with E-state index in [0.29, 0.717) is 12.5 Å². The lowest BCUT2D eigenvalue weighted by atomic mass is 9.96. The van der Waals surface area contributed by atoms with Crippen molar-refractivity contribution in [3.63, 3.8) is 0 Å². The molecule has 1 atom stereocenters. The number of benzene rings is 1. The van der Waals surface area contributed by atoms with Gasteiger partial charge in [-0.2, -0.15) is 0 Å². The number of ether oxygens (including phenoxy) is 1. The van der Waals surface area contributed by atoms with Gasteiger partial charge in [0.05, 0.1) is 6.61 Å². The second-order valence-electron chi connectivity index (χ2n) is 3.48. The molecule has 0 saturated heterocycles. The van der Waals surface area contributed by atoms with Crippen LogP contribution < -0.4 is 4.74 Å². The van der Waals surface area contributed by atoms with E-state index in [-0.39, 0.29) is 0 Å². The molecule has 0 spiro atoms. The fourth-order valence-corrected chi connectivity index (χ4v) is 1.49. The predicted octanol–water partition coefficient (Wildman–Crippen LogP) is 3.68. The first-order valence-corrected chi connectivity index (χ1v) is 5.05. The second-order valence-corrected chi connectivity index (χ2v) is 3.48. The Morgan fingerprint density at radius 3 is 2.79 bits per heavy atom. The minimum atomic E-state index is 0.385. The van der Waals surface area contributed by atoms with Crippen LogP contribution in [0.2, 0.25) is 0 Å². The Bertz CT molecular complexity index is 315. The van der Waals surface area contributed by atoms with E-state index in [1.165, 1.54) is 11.1 Å². The van der Waals surface area contributed by atoms with Crippen LogP contribution in [0, 0.1) is 6.92 Å². The van der Waals surface area contributed by atoms with Crippen molar-refractivity contribution >= 4 is 0 Å². The molecule has 14 heavy (non-hydrogen) atoms. The summed E-state index contributed by atoms with van der Waals surface area (Å²) in [6.07, 6.45) is 1.96. The lowest BCUT2D eigenvalue weighted by Gasteiger charge is -2.12. The Kier molecular flexibility index (Phi) is 3.75. The van der Waals surface area contributed by atoms with E-state index < -0.39 is 0 Å². The highest BCUT2D eigenvalue weighted by Gasteiger charge is 2.05. The quantitative estimate of drug-likeness (QED) is 0.658.